The van der Waals surface area contributed by atoms with Crippen molar-refractivity contribution >= 4 is 16.7 Å². The van der Waals surface area contributed by atoms with E-state index in [4.69, 9.17) is 0 Å². The minimum absolute atomic E-state index is 0.0188. The summed E-state index contributed by atoms with van der Waals surface area (Å²) in [6.07, 6.45) is 7.34. The first kappa shape index (κ1) is 25.6. The smallest absolute Gasteiger partial charge is 0.258 e. The Labute approximate surface area is 217 Å². The summed E-state index contributed by atoms with van der Waals surface area (Å²) in [4.78, 5) is 28.2. The molecule has 0 radical (unpaired) electrons. The Morgan fingerprint density at radius 2 is 1.89 bits per heavy atom. The molecule has 2 aliphatic carbocycles. The predicted octanol–water partition coefficient (Wildman–Crippen LogP) is 4.46. The first-order valence-electron chi connectivity index (χ1n) is 13.4. The van der Waals surface area contributed by atoms with Crippen LogP contribution in [0.1, 0.15) is 53.6 Å². The van der Waals surface area contributed by atoms with Gasteiger partial charge in [0, 0.05) is 36.3 Å². The van der Waals surface area contributed by atoms with Gasteiger partial charge in [-0.2, -0.15) is 0 Å². The Morgan fingerprint density at radius 3 is 2.59 bits per heavy atom. The molecule has 2 aromatic carbocycles. The van der Waals surface area contributed by atoms with E-state index in [1.54, 1.807) is 13.0 Å². The zero-order valence-electron chi connectivity index (χ0n) is 22.1. The Morgan fingerprint density at radius 1 is 1.11 bits per heavy atom. The molecule has 5 rings (SSSR count). The number of nitrogens with one attached hydrogen (secondary N) is 2. The van der Waals surface area contributed by atoms with E-state index in [-0.39, 0.29) is 17.5 Å². The topological polar surface area (TPSA) is 66.4 Å². The predicted molar refractivity (Wildman–Crippen MR) is 146 cm³/mol. The maximum Gasteiger partial charge on any atom is 0.258 e. The number of aromatic nitrogens is 1. The average molecular weight is 505 g/mol. The van der Waals surface area contributed by atoms with Crippen molar-refractivity contribution in [2.75, 3.05) is 27.2 Å². The first-order valence-corrected chi connectivity index (χ1v) is 13.4. The van der Waals surface area contributed by atoms with Crippen molar-refractivity contribution < 1.29 is 9.18 Å². The molecule has 0 saturated heterocycles. The second-order valence-electron chi connectivity index (χ2n) is 11.0. The summed E-state index contributed by atoms with van der Waals surface area (Å²) in [5.41, 5.74) is 3.38. The number of hydrogen-bond donors (Lipinski definition) is 2. The van der Waals surface area contributed by atoms with Crippen molar-refractivity contribution in [3.8, 4) is 11.1 Å². The molecule has 0 unspecified atom stereocenters. The molecule has 1 amide bonds. The highest BCUT2D eigenvalue weighted by molar-refractivity contribution is 5.97. The number of rotatable bonds is 11. The number of halogens is 1. The fourth-order valence-electron chi connectivity index (χ4n) is 4.84. The molecule has 37 heavy (non-hydrogen) atoms. The van der Waals surface area contributed by atoms with E-state index < -0.39 is 5.82 Å². The van der Waals surface area contributed by atoms with Crippen LogP contribution in [0.4, 0.5) is 4.39 Å². The van der Waals surface area contributed by atoms with Gasteiger partial charge < -0.3 is 20.1 Å². The third kappa shape index (κ3) is 6.11. The molecule has 6 nitrogen and oxygen atoms in total. The highest BCUT2D eigenvalue weighted by Crippen LogP contribution is 2.32. The van der Waals surface area contributed by atoms with Crippen molar-refractivity contribution in [2.45, 2.75) is 58.2 Å². The van der Waals surface area contributed by atoms with Crippen molar-refractivity contribution in [3.05, 3.63) is 69.4 Å². The Balaban J connectivity index is 1.51. The van der Waals surface area contributed by atoms with Gasteiger partial charge in [0.1, 0.15) is 5.82 Å². The van der Waals surface area contributed by atoms with Crippen LogP contribution < -0.4 is 16.2 Å². The van der Waals surface area contributed by atoms with Gasteiger partial charge in [-0.1, -0.05) is 6.07 Å². The van der Waals surface area contributed by atoms with Gasteiger partial charge in [0.05, 0.1) is 0 Å². The number of nitrogens with zero attached hydrogens (tertiary/aromatic N) is 2. The quantitative estimate of drug-likeness (QED) is 0.379. The molecule has 0 bridgehead atoms. The van der Waals surface area contributed by atoms with Gasteiger partial charge in [-0.3, -0.25) is 9.59 Å². The van der Waals surface area contributed by atoms with Crippen LogP contribution in [0.2, 0.25) is 0 Å². The maximum atomic E-state index is 14.9. The molecule has 7 heteroatoms. The van der Waals surface area contributed by atoms with E-state index in [1.807, 2.05) is 29.0 Å². The average Bonchev–Trinajstić information content (AvgIpc) is 3.80. The molecular formula is C30H37FN4O2. The van der Waals surface area contributed by atoms with Crippen molar-refractivity contribution in [1.82, 2.24) is 20.1 Å². The van der Waals surface area contributed by atoms with Gasteiger partial charge >= 0.3 is 0 Å². The molecule has 3 aromatic rings. The number of amides is 1. The number of benzene rings is 2. The second-order valence-corrected chi connectivity index (χ2v) is 11.0. The standard InChI is InChI=1S/C30H37FN4O2/c1-19-26(14-22(15-28(19)31)29(36)33-24-8-9-24)21-7-10-25-27(13-21)23(16-32-11-4-12-34(2)3)18-35(30(25)37)17-20-5-6-20/h7,10,13-15,18,20,24,32H,4-6,8-9,11-12,16-17H2,1-3H3,(H,33,36). The molecule has 2 saturated carbocycles. The van der Waals surface area contributed by atoms with Gasteiger partial charge in [-0.25, -0.2) is 4.39 Å². The Kier molecular flexibility index (Phi) is 7.45. The van der Waals surface area contributed by atoms with Gasteiger partial charge in [0.2, 0.25) is 0 Å². The largest absolute Gasteiger partial charge is 0.349 e. The van der Waals surface area contributed by atoms with Crippen LogP contribution in [0.5, 0.6) is 0 Å². The van der Waals surface area contributed by atoms with E-state index in [0.29, 0.717) is 34.5 Å². The third-order valence-electron chi connectivity index (χ3n) is 7.42. The van der Waals surface area contributed by atoms with Crippen LogP contribution in [0, 0.1) is 18.7 Å². The third-order valence-corrected chi connectivity index (χ3v) is 7.42. The lowest BCUT2D eigenvalue weighted by molar-refractivity contribution is 0.0950. The van der Waals surface area contributed by atoms with Crippen LogP contribution in [0.3, 0.4) is 0 Å². The Bertz CT molecular complexity index is 1370. The molecule has 0 spiro atoms. The molecule has 2 N–H and O–H groups in total. The van der Waals surface area contributed by atoms with E-state index in [1.165, 1.54) is 18.9 Å². The summed E-state index contributed by atoms with van der Waals surface area (Å²) in [7, 11) is 4.14. The fourth-order valence-corrected chi connectivity index (χ4v) is 4.84. The number of hydrogen-bond acceptors (Lipinski definition) is 4. The maximum absolute atomic E-state index is 14.9. The summed E-state index contributed by atoms with van der Waals surface area (Å²) in [6, 6.07) is 9.01. The molecule has 2 fully saturated rings. The van der Waals surface area contributed by atoms with Crippen LogP contribution in [0.25, 0.3) is 21.9 Å². The van der Waals surface area contributed by atoms with Crippen LogP contribution in [-0.4, -0.2) is 48.6 Å². The molecule has 0 aliphatic heterocycles. The van der Waals surface area contributed by atoms with Crippen LogP contribution in [-0.2, 0) is 13.1 Å². The molecular weight excluding hydrogens is 467 g/mol. The van der Waals surface area contributed by atoms with Crippen molar-refractivity contribution in [1.29, 1.82) is 0 Å². The highest BCUT2D eigenvalue weighted by Gasteiger charge is 2.25. The summed E-state index contributed by atoms with van der Waals surface area (Å²) >= 11 is 0. The minimum atomic E-state index is -0.402. The summed E-state index contributed by atoms with van der Waals surface area (Å²) in [6.45, 7) is 5.03. The summed E-state index contributed by atoms with van der Waals surface area (Å²) < 4.78 is 16.8. The lowest BCUT2D eigenvalue weighted by atomic mass is 9.94. The van der Waals surface area contributed by atoms with Gasteiger partial charge in [-0.05, 0) is 124 Å². The number of carbonyl (C=O) groups is 1. The lowest BCUT2D eigenvalue weighted by Crippen LogP contribution is -2.25. The van der Waals surface area contributed by atoms with Crippen LogP contribution in [0.15, 0.2) is 41.3 Å². The van der Waals surface area contributed by atoms with Gasteiger partial charge in [0.25, 0.3) is 11.5 Å². The Hall–Kier alpha value is -3.03. The molecule has 0 atom stereocenters. The lowest BCUT2D eigenvalue weighted by Gasteiger charge is -2.16. The first-order chi connectivity index (χ1) is 17.8. The van der Waals surface area contributed by atoms with Crippen molar-refractivity contribution in [3.63, 3.8) is 0 Å². The van der Waals surface area contributed by atoms with E-state index in [9.17, 15) is 14.0 Å². The molecule has 2 aliphatic rings. The zero-order valence-corrected chi connectivity index (χ0v) is 22.1. The van der Waals surface area contributed by atoms with E-state index >= 15 is 0 Å². The van der Waals surface area contributed by atoms with Crippen molar-refractivity contribution in [2.24, 2.45) is 5.92 Å². The zero-order chi connectivity index (χ0) is 26.1. The number of pyridine rings is 1. The molecule has 1 heterocycles. The normalized spacial score (nSPS) is 15.5. The summed E-state index contributed by atoms with van der Waals surface area (Å²) in [5.74, 6) is -0.0549. The van der Waals surface area contributed by atoms with E-state index in [2.05, 4.69) is 29.6 Å². The number of carbonyl (C=O) groups excluding carboxylic acids is 1. The van der Waals surface area contributed by atoms with Gasteiger partial charge in [-0.15, -0.1) is 0 Å². The second kappa shape index (κ2) is 10.8. The molecule has 196 valence electrons. The number of fused-ring (bicyclic) bond motifs is 1. The fraction of sp³-hybridized carbons (Fsp3) is 0.467. The summed E-state index contributed by atoms with van der Waals surface area (Å²) in [5, 5.41) is 8.04. The SMILES string of the molecule is Cc1c(F)cc(C(=O)NC2CC2)cc1-c1ccc2c(=O)n(CC3CC3)cc(CNCCCN(C)C)c2c1. The van der Waals surface area contributed by atoms with Crippen LogP contribution >= 0.6 is 0 Å². The van der Waals surface area contributed by atoms with E-state index in [0.717, 1.165) is 55.4 Å². The minimum Gasteiger partial charge on any atom is -0.349 e. The highest BCUT2D eigenvalue weighted by atomic mass is 19.1. The monoisotopic (exact) mass is 504 g/mol. The van der Waals surface area contributed by atoms with Gasteiger partial charge in [0.15, 0.2) is 0 Å². The molecule has 1 aromatic heterocycles.